The van der Waals surface area contributed by atoms with Gasteiger partial charge in [0.05, 0.1) is 31.4 Å². The number of hydrogen-bond acceptors (Lipinski definition) is 5. The summed E-state index contributed by atoms with van der Waals surface area (Å²) >= 11 is 0. The molecule has 1 aromatic heterocycles. The normalized spacial score (nSPS) is 11.1. The zero-order valence-corrected chi connectivity index (χ0v) is 14.4. The van der Waals surface area contributed by atoms with Crippen molar-refractivity contribution in [2.24, 2.45) is 0 Å². The van der Waals surface area contributed by atoms with Gasteiger partial charge in [-0.2, -0.15) is 0 Å². The Bertz CT molecular complexity index is 772. The van der Waals surface area contributed by atoms with Crippen LogP contribution in [0.15, 0.2) is 47.1 Å². The van der Waals surface area contributed by atoms with E-state index in [0.29, 0.717) is 23.8 Å². The molecular formula is C16H20N2O5S. The first-order valence-corrected chi connectivity index (χ1v) is 9.25. The van der Waals surface area contributed by atoms with Gasteiger partial charge in [-0.3, -0.25) is 9.10 Å². The molecule has 0 aliphatic carbocycles. The van der Waals surface area contributed by atoms with E-state index >= 15 is 0 Å². The molecule has 2 aromatic rings. The number of nitrogens with zero attached hydrogens (tertiary/aromatic N) is 1. The van der Waals surface area contributed by atoms with Crippen molar-refractivity contribution in [2.75, 3.05) is 23.7 Å². The fourth-order valence-corrected chi connectivity index (χ4v) is 2.97. The second-order valence-electron chi connectivity index (χ2n) is 5.03. The molecule has 1 amide bonds. The highest BCUT2D eigenvalue weighted by Crippen LogP contribution is 2.29. The van der Waals surface area contributed by atoms with Crippen LogP contribution in [0.1, 0.15) is 12.7 Å². The minimum absolute atomic E-state index is 0.191. The summed E-state index contributed by atoms with van der Waals surface area (Å²) in [6.45, 7) is 2.04. The molecule has 130 valence electrons. The molecule has 0 bridgehead atoms. The Morgan fingerprint density at radius 3 is 2.62 bits per heavy atom. The first-order chi connectivity index (χ1) is 11.4. The fraction of sp³-hybridized carbons (Fsp3) is 0.312. The zero-order chi connectivity index (χ0) is 17.6. The van der Waals surface area contributed by atoms with Crippen molar-refractivity contribution in [3.63, 3.8) is 0 Å². The second-order valence-corrected chi connectivity index (χ2v) is 6.93. The highest BCUT2D eigenvalue weighted by molar-refractivity contribution is 7.92. The number of nitrogens with one attached hydrogen (secondary N) is 1. The maximum Gasteiger partial charge on any atom is 0.241 e. The minimum atomic E-state index is -3.66. The van der Waals surface area contributed by atoms with Crippen LogP contribution in [0.4, 0.5) is 5.69 Å². The lowest BCUT2D eigenvalue weighted by molar-refractivity contribution is -0.119. The minimum Gasteiger partial charge on any atom is -0.492 e. The van der Waals surface area contributed by atoms with Gasteiger partial charge in [-0.25, -0.2) is 8.42 Å². The van der Waals surface area contributed by atoms with Gasteiger partial charge < -0.3 is 14.5 Å². The van der Waals surface area contributed by atoms with Crippen molar-refractivity contribution in [3.8, 4) is 5.75 Å². The van der Waals surface area contributed by atoms with Crippen LogP contribution in [0.25, 0.3) is 0 Å². The van der Waals surface area contributed by atoms with Crippen LogP contribution < -0.4 is 14.4 Å². The van der Waals surface area contributed by atoms with Gasteiger partial charge in [-0.1, -0.05) is 12.1 Å². The molecule has 0 atom stereocenters. The molecule has 0 unspecified atom stereocenters. The predicted octanol–water partition coefficient (Wildman–Crippen LogP) is 1.76. The number of rotatable bonds is 8. The van der Waals surface area contributed by atoms with Gasteiger partial charge in [0.2, 0.25) is 15.9 Å². The zero-order valence-electron chi connectivity index (χ0n) is 13.6. The molecule has 24 heavy (non-hydrogen) atoms. The molecule has 7 nitrogen and oxygen atoms in total. The van der Waals surface area contributed by atoms with Crippen LogP contribution in [0.2, 0.25) is 0 Å². The van der Waals surface area contributed by atoms with Crippen molar-refractivity contribution in [1.82, 2.24) is 5.32 Å². The summed E-state index contributed by atoms with van der Waals surface area (Å²) in [5.41, 5.74) is 0.329. The molecule has 0 radical (unpaired) electrons. The molecule has 0 fully saturated rings. The summed E-state index contributed by atoms with van der Waals surface area (Å²) in [4.78, 5) is 12.1. The van der Waals surface area contributed by atoms with Crippen molar-refractivity contribution in [2.45, 2.75) is 13.5 Å². The smallest absolute Gasteiger partial charge is 0.241 e. The third-order valence-electron chi connectivity index (χ3n) is 3.16. The molecule has 0 aliphatic heterocycles. The number of anilines is 1. The van der Waals surface area contributed by atoms with Gasteiger partial charge in [-0.15, -0.1) is 0 Å². The fourth-order valence-electron chi connectivity index (χ4n) is 2.11. The number of carbonyl (C=O) groups excluding carboxylic acids is 1. The van der Waals surface area contributed by atoms with Crippen LogP contribution in [-0.4, -0.2) is 33.7 Å². The Hall–Kier alpha value is -2.48. The number of benzene rings is 1. The summed E-state index contributed by atoms with van der Waals surface area (Å²) in [5, 5.41) is 2.63. The average molecular weight is 352 g/mol. The van der Waals surface area contributed by atoms with E-state index in [1.165, 1.54) is 6.26 Å². The Morgan fingerprint density at radius 1 is 1.25 bits per heavy atom. The number of hydrogen-bond donors (Lipinski definition) is 1. The average Bonchev–Trinajstić information content (AvgIpc) is 3.04. The van der Waals surface area contributed by atoms with E-state index in [0.717, 1.165) is 10.6 Å². The van der Waals surface area contributed by atoms with Crippen LogP contribution >= 0.6 is 0 Å². The molecule has 1 aromatic carbocycles. The van der Waals surface area contributed by atoms with Crippen molar-refractivity contribution in [3.05, 3.63) is 48.4 Å². The first-order valence-electron chi connectivity index (χ1n) is 7.40. The van der Waals surface area contributed by atoms with Crippen molar-refractivity contribution >= 4 is 21.6 Å². The van der Waals surface area contributed by atoms with Gasteiger partial charge in [0.25, 0.3) is 0 Å². The first kappa shape index (κ1) is 17.9. The number of ether oxygens (including phenoxy) is 1. The molecule has 8 heteroatoms. The van der Waals surface area contributed by atoms with E-state index in [4.69, 9.17) is 9.15 Å². The van der Waals surface area contributed by atoms with Crippen LogP contribution in [0.5, 0.6) is 5.75 Å². The number of amides is 1. The van der Waals surface area contributed by atoms with E-state index < -0.39 is 15.9 Å². The Morgan fingerprint density at radius 2 is 2.00 bits per heavy atom. The topological polar surface area (TPSA) is 88.8 Å². The molecule has 0 spiro atoms. The molecule has 0 saturated carbocycles. The second kappa shape index (κ2) is 7.87. The monoisotopic (exact) mass is 352 g/mol. The Kier molecular flexibility index (Phi) is 5.86. The van der Waals surface area contributed by atoms with E-state index in [1.54, 1.807) is 43.3 Å². The number of carbonyl (C=O) groups is 1. The maximum atomic E-state index is 12.1. The molecule has 0 saturated heterocycles. The summed E-state index contributed by atoms with van der Waals surface area (Å²) < 4.78 is 35.9. The Balaban J connectivity index is 2.16. The van der Waals surface area contributed by atoms with Gasteiger partial charge in [0.15, 0.2) is 0 Å². The molecule has 1 heterocycles. The van der Waals surface area contributed by atoms with Gasteiger partial charge in [0, 0.05) is 0 Å². The summed E-state index contributed by atoms with van der Waals surface area (Å²) in [6.07, 6.45) is 2.55. The van der Waals surface area contributed by atoms with Crippen molar-refractivity contribution in [1.29, 1.82) is 0 Å². The van der Waals surface area contributed by atoms with E-state index in [1.807, 2.05) is 0 Å². The van der Waals surface area contributed by atoms with Crippen molar-refractivity contribution < 1.29 is 22.4 Å². The SMILES string of the molecule is CCOc1ccccc1N(CC(=O)NCc1ccco1)S(C)(=O)=O. The largest absolute Gasteiger partial charge is 0.492 e. The van der Waals surface area contributed by atoms with Gasteiger partial charge in [0.1, 0.15) is 18.1 Å². The van der Waals surface area contributed by atoms with Crippen LogP contribution in [-0.2, 0) is 21.4 Å². The quantitative estimate of drug-likeness (QED) is 0.782. The molecule has 1 N–H and O–H groups in total. The van der Waals surface area contributed by atoms with E-state index in [9.17, 15) is 13.2 Å². The third-order valence-corrected chi connectivity index (χ3v) is 4.29. The highest BCUT2D eigenvalue weighted by atomic mass is 32.2. The molecular weight excluding hydrogens is 332 g/mol. The van der Waals surface area contributed by atoms with E-state index in [2.05, 4.69) is 5.32 Å². The number of sulfonamides is 1. The van der Waals surface area contributed by atoms with Crippen LogP contribution in [0.3, 0.4) is 0 Å². The van der Waals surface area contributed by atoms with E-state index in [-0.39, 0.29) is 13.1 Å². The summed E-state index contributed by atoms with van der Waals surface area (Å²) in [7, 11) is -3.66. The third kappa shape index (κ3) is 4.76. The predicted molar refractivity (Wildman–Crippen MR) is 90.4 cm³/mol. The lowest BCUT2D eigenvalue weighted by Gasteiger charge is -2.24. The standard InChI is InChI=1S/C16H20N2O5S/c1-3-22-15-9-5-4-8-14(15)18(24(2,20)21)12-16(19)17-11-13-7-6-10-23-13/h4-10H,3,11-12H2,1-2H3,(H,17,19). The van der Waals surface area contributed by atoms with Crippen LogP contribution in [0, 0.1) is 0 Å². The number of para-hydroxylation sites is 2. The summed E-state index contributed by atoms with van der Waals surface area (Å²) in [5.74, 6) is 0.552. The Labute approximate surface area is 141 Å². The lowest BCUT2D eigenvalue weighted by atomic mass is 10.3. The maximum absolute atomic E-state index is 12.1. The highest BCUT2D eigenvalue weighted by Gasteiger charge is 2.23. The lowest BCUT2D eigenvalue weighted by Crippen LogP contribution is -2.40. The number of furan rings is 1. The molecule has 0 aliphatic rings. The summed E-state index contributed by atoms with van der Waals surface area (Å²) in [6, 6.07) is 10.1. The van der Waals surface area contributed by atoms with Gasteiger partial charge in [-0.05, 0) is 31.2 Å². The molecule has 2 rings (SSSR count). The van der Waals surface area contributed by atoms with Gasteiger partial charge >= 0.3 is 0 Å².